The molecule has 100 valence electrons. The summed E-state index contributed by atoms with van der Waals surface area (Å²) in [6.07, 6.45) is 3.69. The summed E-state index contributed by atoms with van der Waals surface area (Å²) >= 11 is 0. The van der Waals surface area contributed by atoms with Gasteiger partial charge in [0.15, 0.2) is 11.6 Å². The molecule has 0 unspecified atom stereocenters. The fourth-order valence-corrected chi connectivity index (χ4v) is 2.84. The van der Waals surface area contributed by atoms with Gasteiger partial charge in [-0.25, -0.2) is 4.39 Å². The van der Waals surface area contributed by atoms with Crippen LogP contribution in [0.1, 0.15) is 38.2 Å². The monoisotopic (exact) mass is 255 g/mol. The van der Waals surface area contributed by atoms with Gasteiger partial charge in [0.05, 0.1) is 6.61 Å². The zero-order valence-corrected chi connectivity index (χ0v) is 10.6. The molecular weight excluding hydrogens is 236 g/mol. The SMILES string of the molecule is CCOc1ccc(C2(CN)CCCC2)c(F)c1F. The second-order valence-electron chi connectivity index (χ2n) is 4.86. The molecular formula is C14H19F2NO. The first kappa shape index (κ1) is 13.3. The Hall–Kier alpha value is -1.16. The van der Waals surface area contributed by atoms with E-state index in [2.05, 4.69) is 0 Å². The Morgan fingerprint density at radius 3 is 2.44 bits per heavy atom. The first-order valence-electron chi connectivity index (χ1n) is 6.46. The van der Waals surface area contributed by atoms with Gasteiger partial charge < -0.3 is 10.5 Å². The Labute approximate surface area is 106 Å². The molecule has 18 heavy (non-hydrogen) atoms. The molecule has 4 heteroatoms. The highest BCUT2D eigenvalue weighted by atomic mass is 19.2. The average Bonchev–Trinajstić information content (AvgIpc) is 2.85. The number of hydrogen-bond acceptors (Lipinski definition) is 2. The van der Waals surface area contributed by atoms with Crippen LogP contribution >= 0.6 is 0 Å². The largest absolute Gasteiger partial charge is 0.491 e. The summed E-state index contributed by atoms with van der Waals surface area (Å²) in [6.45, 7) is 2.42. The second kappa shape index (κ2) is 5.22. The van der Waals surface area contributed by atoms with Crippen molar-refractivity contribution in [2.45, 2.75) is 38.0 Å². The summed E-state index contributed by atoms with van der Waals surface area (Å²) in [4.78, 5) is 0. The van der Waals surface area contributed by atoms with Crippen LogP contribution in [0.15, 0.2) is 12.1 Å². The molecule has 1 saturated carbocycles. The molecule has 0 aromatic heterocycles. The third-order valence-electron chi connectivity index (χ3n) is 3.87. The molecule has 0 saturated heterocycles. The maximum atomic E-state index is 14.2. The summed E-state index contributed by atoms with van der Waals surface area (Å²) < 4.78 is 33.1. The number of nitrogens with two attached hydrogens (primary N) is 1. The fraction of sp³-hybridized carbons (Fsp3) is 0.571. The van der Waals surface area contributed by atoms with Crippen molar-refractivity contribution in [3.63, 3.8) is 0 Å². The van der Waals surface area contributed by atoms with Crippen LogP contribution in [0.3, 0.4) is 0 Å². The van der Waals surface area contributed by atoms with Gasteiger partial charge in [-0.15, -0.1) is 0 Å². The van der Waals surface area contributed by atoms with Crippen molar-refractivity contribution in [3.05, 3.63) is 29.3 Å². The van der Waals surface area contributed by atoms with Gasteiger partial charge in [-0.2, -0.15) is 4.39 Å². The first-order chi connectivity index (χ1) is 8.64. The maximum absolute atomic E-state index is 14.2. The molecule has 1 aromatic carbocycles. The van der Waals surface area contributed by atoms with Gasteiger partial charge in [0, 0.05) is 12.0 Å². The standard InChI is InChI=1S/C14H19F2NO/c1-2-18-11-6-5-10(12(15)13(11)16)14(9-17)7-3-4-8-14/h5-6H,2-4,7-9,17H2,1H3. The lowest BCUT2D eigenvalue weighted by atomic mass is 9.78. The van der Waals surface area contributed by atoms with Crippen LogP contribution < -0.4 is 10.5 Å². The average molecular weight is 255 g/mol. The highest BCUT2D eigenvalue weighted by molar-refractivity contribution is 5.36. The third-order valence-corrected chi connectivity index (χ3v) is 3.87. The molecule has 1 aromatic rings. The van der Waals surface area contributed by atoms with Gasteiger partial charge in [0.25, 0.3) is 0 Å². The lowest BCUT2D eigenvalue weighted by Crippen LogP contribution is -2.33. The predicted octanol–water partition coefficient (Wildman–Crippen LogP) is 3.13. The Balaban J connectivity index is 2.43. The molecule has 2 nitrogen and oxygen atoms in total. The van der Waals surface area contributed by atoms with E-state index in [1.165, 1.54) is 6.07 Å². The summed E-state index contributed by atoms with van der Waals surface area (Å²) in [5, 5.41) is 0. The van der Waals surface area contributed by atoms with E-state index in [4.69, 9.17) is 10.5 Å². The Morgan fingerprint density at radius 2 is 1.89 bits per heavy atom. The Morgan fingerprint density at radius 1 is 1.22 bits per heavy atom. The fourth-order valence-electron chi connectivity index (χ4n) is 2.84. The molecule has 1 aliphatic carbocycles. The summed E-state index contributed by atoms with van der Waals surface area (Å²) in [7, 11) is 0. The maximum Gasteiger partial charge on any atom is 0.200 e. The molecule has 1 fully saturated rings. The summed E-state index contributed by atoms with van der Waals surface area (Å²) in [5.41, 5.74) is 5.81. The van der Waals surface area contributed by atoms with Crippen molar-refractivity contribution >= 4 is 0 Å². The Bertz CT molecular complexity index is 428. The van der Waals surface area contributed by atoms with Gasteiger partial charge in [-0.05, 0) is 31.4 Å². The smallest absolute Gasteiger partial charge is 0.200 e. The molecule has 0 radical (unpaired) electrons. The van der Waals surface area contributed by atoms with Crippen molar-refractivity contribution < 1.29 is 13.5 Å². The molecule has 0 amide bonds. The van der Waals surface area contributed by atoms with Crippen LogP contribution in [-0.2, 0) is 5.41 Å². The topological polar surface area (TPSA) is 35.2 Å². The van der Waals surface area contributed by atoms with Gasteiger partial charge in [0.1, 0.15) is 0 Å². The molecule has 0 atom stereocenters. The lowest BCUT2D eigenvalue weighted by Gasteiger charge is -2.28. The van der Waals surface area contributed by atoms with Crippen LogP contribution in [-0.4, -0.2) is 13.2 Å². The highest BCUT2D eigenvalue weighted by Gasteiger charge is 2.37. The number of halogens is 2. The molecule has 2 rings (SSSR count). The second-order valence-corrected chi connectivity index (χ2v) is 4.86. The van der Waals surface area contributed by atoms with E-state index in [9.17, 15) is 8.78 Å². The molecule has 0 spiro atoms. The van der Waals surface area contributed by atoms with Crippen LogP contribution in [0.4, 0.5) is 8.78 Å². The number of benzene rings is 1. The van der Waals surface area contributed by atoms with Gasteiger partial charge >= 0.3 is 0 Å². The van der Waals surface area contributed by atoms with Crippen molar-refractivity contribution in [1.82, 2.24) is 0 Å². The number of ether oxygens (including phenoxy) is 1. The molecule has 0 heterocycles. The van der Waals surface area contributed by atoms with Gasteiger partial charge in [-0.3, -0.25) is 0 Å². The van der Waals surface area contributed by atoms with Crippen molar-refractivity contribution in [1.29, 1.82) is 0 Å². The van der Waals surface area contributed by atoms with Crippen molar-refractivity contribution in [2.75, 3.05) is 13.2 Å². The number of rotatable bonds is 4. The van der Waals surface area contributed by atoms with E-state index in [1.807, 2.05) is 0 Å². The minimum absolute atomic E-state index is 0.0241. The molecule has 0 bridgehead atoms. The van der Waals surface area contributed by atoms with E-state index < -0.39 is 17.0 Å². The van der Waals surface area contributed by atoms with E-state index >= 15 is 0 Å². The minimum Gasteiger partial charge on any atom is -0.491 e. The zero-order valence-electron chi connectivity index (χ0n) is 10.6. The van der Waals surface area contributed by atoms with Crippen molar-refractivity contribution in [3.8, 4) is 5.75 Å². The van der Waals surface area contributed by atoms with E-state index in [0.717, 1.165) is 25.7 Å². The highest BCUT2D eigenvalue weighted by Crippen LogP contribution is 2.42. The molecule has 1 aliphatic rings. The van der Waals surface area contributed by atoms with Gasteiger partial charge in [-0.1, -0.05) is 18.9 Å². The quantitative estimate of drug-likeness (QED) is 0.897. The molecule has 0 aliphatic heterocycles. The third kappa shape index (κ3) is 2.09. The molecule has 2 N–H and O–H groups in total. The van der Waals surface area contributed by atoms with E-state index in [0.29, 0.717) is 18.7 Å². The summed E-state index contributed by atoms with van der Waals surface area (Å²) in [5.74, 6) is -1.72. The summed E-state index contributed by atoms with van der Waals surface area (Å²) in [6, 6.07) is 3.13. The Kier molecular flexibility index (Phi) is 3.85. The van der Waals surface area contributed by atoms with Crippen LogP contribution in [0.5, 0.6) is 5.75 Å². The van der Waals surface area contributed by atoms with Crippen LogP contribution in [0, 0.1) is 11.6 Å². The van der Waals surface area contributed by atoms with Crippen LogP contribution in [0.2, 0.25) is 0 Å². The van der Waals surface area contributed by atoms with Crippen molar-refractivity contribution in [2.24, 2.45) is 5.73 Å². The van der Waals surface area contributed by atoms with Gasteiger partial charge in [0.2, 0.25) is 5.82 Å². The predicted molar refractivity (Wildman–Crippen MR) is 66.7 cm³/mol. The zero-order chi connectivity index (χ0) is 13.2. The lowest BCUT2D eigenvalue weighted by molar-refractivity contribution is 0.310. The van der Waals surface area contributed by atoms with E-state index in [1.54, 1.807) is 13.0 Å². The first-order valence-corrected chi connectivity index (χ1v) is 6.46. The van der Waals surface area contributed by atoms with Crippen LogP contribution in [0.25, 0.3) is 0 Å². The minimum atomic E-state index is -0.894. The number of hydrogen-bond donors (Lipinski definition) is 1. The normalized spacial score (nSPS) is 18.0. The van der Waals surface area contributed by atoms with E-state index in [-0.39, 0.29) is 5.75 Å².